The summed E-state index contributed by atoms with van der Waals surface area (Å²) >= 11 is 0. The van der Waals surface area contributed by atoms with Crippen LogP contribution in [-0.2, 0) is 15.6 Å². The molecule has 163 valence electrons. The van der Waals surface area contributed by atoms with Gasteiger partial charge < -0.3 is 16.0 Å². The lowest BCUT2D eigenvalue weighted by molar-refractivity contribution is 0.0991. The molecule has 4 N–H and O–H groups in total. The minimum Gasteiger partial charge on any atom is -0.363 e. The first-order chi connectivity index (χ1) is 15.9. The standard InChI is InChI=1S/C22H16N7O3S/c23-19(30)21-26-18-11-24-9-8-15(18)20(29-21)25-14-6-7-16-17(10-14)28-22(27-16)33(31,32)12-13-4-2-1-3-5-13/h1-8,10-11H,12H2,(H2,23,30)(H,27,28)(H,25,26,29). The summed E-state index contributed by atoms with van der Waals surface area (Å²) in [6.45, 7) is 0. The van der Waals surface area contributed by atoms with E-state index in [4.69, 9.17) is 5.73 Å². The number of aromatic nitrogens is 5. The van der Waals surface area contributed by atoms with Crippen LogP contribution in [0.4, 0.5) is 11.5 Å². The molecule has 0 unspecified atom stereocenters. The number of hydrogen-bond acceptors (Lipinski definition) is 8. The smallest absolute Gasteiger partial charge is 0.286 e. The van der Waals surface area contributed by atoms with Crippen LogP contribution >= 0.6 is 0 Å². The monoisotopic (exact) mass is 458 g/mol. The summed E-state index contributed by atoms with van der Waals surface area (Å²) in [6, 6.07) is 15.6. The maximum atomic E-state index is 12.8. The third kappa shape index (κ3) is 4.08. The van der Waals surface area contributed by atoms with Crippen LogP contribution in [-0.4, -0.2) is 39.2 Å². The maximum Gasteiger partial charge on any atom is 0.286 e. The van der Waals surface area contributed by atoms with E-state index >= 15 is 0 Å². The van der Waals surface area contributed by atoms with Crippen LogP contribution in [0.2, 0.25) is 0 Å². The largest absolute Gasteiger partial charge is 0.363 e. The van der Waals surface area contributed by atoms with E-state index in [9.17, 15) is 13.2 Å². The Labute approximate surface area is 187 Å². The molecule has 3 aromatic heterocycles. The van der Waals surface area contributed by atoms with Crippen molar-refractivity contribution in [2.75, 3.05) is 5.32 Å². The Morgan fingerprint density at radius 2 is 1.88 bits per heavy atom. The number of anilines is 2. The molecule has 2 aromatic carbocycles. The third-order valence-electron chi connectivity index (χ3n) is 4.88. The highest BCUT2D eigenvalue weighted by Gasteiger charge is 2.20. The van der Waals surface area contributed by atoms with Crippen LogP contribution in [0, 0.1) is 6.20 Å². The molecule has 0 spiro atoms. The Balaban J connectivity index is 1.49. The number of nitrogens with zero attached hydrogens (tertiary/aromatic N) is 4. The van der Waals surface area contributed by atoms with E-state index in [0.717, 1.165) is 0 Å². The van der Waals surface area contributed by atoms with Crippen molar-refractivity contribution in [3.8, 4) is 0 Å². The molecule has 10 nitrogen and oxygen atoms in total. The number of nitrogens with one attached hydrogen (secondary N) is 2. The van der Waals surface area contributed by atoms with E-state index in [1.165, 1.54) is 6.20 Å². The lowest BCUT2D eigenvalue weighted by Crippen LogP contribution is -2.16. The summed E-state index contributed by atoms with van der Waals surface area (Å²) in [4.78, 5) is 31.0. The lowest BCUT2D eigenvalue weighted by atomic mass is 10.2. The number of carbonyl (C=O) groups is 1. The second-order valence-corrected chi connectivity index (χ2v) is 9.14. The van der Waals surface area contributed by atoms with Crippen molar-refractivity contribution in [3.63, 3.8) is 0 Å². The second kappa shape index (κ2) is 7.95. The molecular weight excluding hydrogens is 442 g/mol. The molecule has 1 amide bonds. The summed E-state index contributed by atoms with van der Waals surface area (Å²) in [5.74, 6) is -0.761. The molecule has 33 heavy (non-hydrogen) atoms. The lowest BCUT2D eigenvalue weighted by Gasteiger charge is -2.09. The molecular formula is C22H16N7O3S. The van der Waals surface area contributed by atoms with Crippen LogP contribution in [0.1, 0.15) is 16.2 Å². The van der Waals surface area contributed by atoms with Gasteiger partial charge in [-0.05, 0) is 29.8 Å². The fraction of sp³-hybridized carbons (Fsp3) is 0.0455. The molecule has 0 fully saturated rings. The van der Waals surface area contributed by atoms with Crippen molar-refractivity contribution >= 4 is 49.2 Å². The molecule has 0 aliphatic heterocycles. The number of nitrogens with two attached hydrogens (primary N) is 1. The highest BCUT2D eigenvalue weighted by molar-refractivity contribution is 7.90. The summed E-state index contributed by atoms with van der Waals surface area (Å²) in [5, 5.41) is 3.59. The number of aromatic amines is 1. The van der Waals surface area contributed by atoms with Gasteiger partial charge in [-0.25, -0.2) is 23.4 Å². The average molecular weight is 458 g/mol. The first-order valence-electron chi connectivity index (χ1n) is 9.76. The number of fused-ring (bicyclic) bond motifs is 2. The van der Waals surface area contributed by atoms with Gasteiger partial charge in [0, 0.05) is 11.1 Å². The van der Waals surface area contributed by atoms with Gasteiger partial charge in [0.05, 0.1) is 34.7 Å². The zero-order valence-corrected chi connectivity index (χ0v) is 17.8. The van der Waals surface area contributed by atoms with E-state index in [-0.39, 0.29) is 16.7 Å². The number of imidazole rings is 1. The Morgan fingerprint density at radius 1 is 1.06 bits per heavy atom. The molecule has 0 saturated heterocycles. The van der Waals surface area contributed by atoms with Gasteiger partial charge in [0.1, 0.15) is 5.82 Å². The summed E-state index contributed by atoms with van der Waals surface area (Å²) < 4.78 is 25.6. The normalized spacial score (nSPS) is 11.6. The predicted molar refractivity (Wildman–Crippen MR) is 121 cm³/mol. The number of hydrogen-bond donors (Lipinski definition) is 3. The maximum absolute atomic E-state index is 12.8. The van der Waals surface area contributed by atoms with Gasteiger partial charge in [0.15, 0.2) is 0 Å². The number of H-pyrrole nitrogens is 1. The number of sulfone groups is 1. The molecule has 0 aliphatic carbocycles. The zero-order valence-electron chi connectivity index (χ0n) is 17.0. The van der Waals surface area contributed by atoms with Gasteiger partial charge in [-0.3, -0.25) is 9.78 Å². The third-order valence-corrected chi connectivity index (χ3v) is 6.38. The number of carbonyl (C=O) groups excluding carboxylic acids is 1. The van der Waals surface area contributed by atoms with Gasteiger partial charge in [-0.1, -0.05) is 30.3 Å². The van der Waals surface area contributed by atoms with Gasteiger partial charge >= 0.3 is 0 Å². The number of rotatable bonds is 6. The van der Waals surface area contributed by atoms with Crippen LogP contribution < -0.4 is 11.1 Å². The quantitative estimate of drug-likeness (QED) is 0.350. The first kappa shape index (κ1) is 20.5. The fourth-order valence-corrected chi connectivity index (χ4v) is 4.61. The van der Waals surface area contributed by atoms with E-state index in [1.807, 2.05) is 6.07 Å². The summed E-state index contributed by atoms with van der Waals surface area (Å²) in [7, 11) is -3.66. The van der Waals surface area contributed by atoms with E-state index in [0.29, 0.717) is 39.0 Å². The Morgan fingerprint density at radius 3 is 2.67 bits per heavy atom. The molecule has 1 radical (unpaired) electrons. The van der Waals surface area contributed by atoms with Crippen LogP contribution in [0.5, 0.6) is 0 Å². The number of benzene rings is 2. The van der Waals surface area contributed by atoms with Crippen molar-refractivity contribution in [2.45, 2.75) is 10.9 Å². The Kier molecular flexibility index (Phi) is 4.94. The molecule has 5 rings (SSSR count). The van der Waals surface area contributed by atoms with Crippen molar-refractivity contribution in [1.29, 1.82) is 0 Å². The summed E-state index contributed by atoms with van der Waals surface area (Å²) in [6.07, 6.45) is 4.16. The molecule has 3 heterocycles. The van der Waals surface area contributed by atoms with Crippen molar-refractivity contribution in [3.05, 3.63) is 78.4 Å². The molecule has 11 heteroatoms. The van der Waals surface area contributed by atoms with E-state index in [2.05, 4.69) is 36.4 Å². The van der Waals surface area contributed by atoms with Crippen LogP contribution in [0.3, 0.4) is 0 Å². The predicted octanol–water partition coefficient (Wildman–Crippen LogP) is 2.52. The van der Waals surface area contributed by atoms with Gasteiger partial charge in [0.2, 0.25) is 20.8 Å². The SMILES string of the molecule is NC(=O)c1nc(Nc2ccc3[nH]c(S(=O)(=O)Cc4ccccc4)nc3c2)c2c[c]ncc2n1. The number of primary amides is 1. The second-order valence-electron chi connectivity index (χ2n) is 7.23. The number of amides is 1. The zero-order chi connectivity index (χ0) is 23.0. The van der Waals surface area contributed by atoms with Crippen molar-refractivity contribution in [1.82, 2.24) is 24.9 Å². The van der Waals surface area contributed by atoms with Crippen molar-refractivity contribution < 1.29 is 13.2 Å². The topological polar surface area (TPSA) is 157 Å². The van der Waals surface area contributed by atoms with Gasteiger partial charge in [-0.2, -0.15) is 0 Å². The van der Waals surface area contributed by atoms with Crippen LogP contribution in [0.15, 0.2) is 66.0 Å². The van der Waals surface area contributed by atoms with E-state index < -0.39 is 15.7 Å². The Bertz CT molecular complexity index is 1620. The first-order valence-corrected chi connectivity index (χ1v) is 11.4. The van der Waals surface area contributed by atoms with Crippen molar-refractivity contribution in [2.24, 2.45) is 5.73 Å². The average Bonchev–Trinajstić information content (AvgIpc) is 3.24. The summed E-state index contributed by atoms with van der Waals surface area (Å²) in [5.41, 5.74) is 8.04. The molecule has 0 bridgehead atoms. The van der Waals surface area contributed by atoms with Gasteiger partial charge in [-0.15, -0.1) is 0 Å². The van der Waals surface area contributed by atoms with Gasteiger partial charge in [0.25, 0.3) is 5.91 Å². The van der Waals surface area contributed by atoms with Crippen LogP contribution in [0.25, 0.3) is 21.9 Å². The minimum absolute atomic E-state index is 0.109. The highest BCUT2D eigenvalue weighted by atomic mass is 32.2. The Hall–Kier alpha value is -4.38. The fourth-order valence-electron chi connectivity index (χ4n) is 3.34. The molecule has 0 atom stereocenters. The molecule has 5 aromatic rings. The number of pyridine rings is 1. The highest BCUT2D eigenvalue weighted by Crippen LogP contribution is 2.26. The molecule has 0 aliphatic rings. The van der Waals surface area contributed by atoms with E-state index in [1.54, 1.807) is 48.5 Å². The molecule has 0 saturated carbocycles. The minimum atomic E-state index is -3.66.